The Morgan fingerprint density at radius 2 is 1.81 bits per heavy atom. The molecule has 1 aromatic rings. The average molecular weight is 354 g/mol. The van der Waals surface area contributed by atoms with E-state index in [0.717, 1.165) is 30.7 Å². The van der Waals surface area contributed by atoms with Crippen LogP contribution >= 0.6 is 15.9 Å². The van der Waals surface area contributed by atoms with Gasteiger partial charge in [-0.2, -0.15) is 0 Å². The molecule has 21 heavy (non-hydrogen) atoms. The molecule has 0 radical (unpaired) electrons. The van der Waals surface area contributed by atoms with Crippen LogP contribution in [0.3, 0.4) is 0 Å². The first-order valence-corrected chi connectivity index (χ1v) is 8.14. The summed E-state index contributed by atoms with van der Waals surface area (Å²) in [6.07, 6.45) is 0. The van der Waals surface area contributed by atoms with Gasteiger partial charge in [0.15, 0.2) is 0 Å². The highest BCUT2D eigenvalue weighted by Crippen LogP contribution is 2.24. The Kier molecular flexibility index (Phi) is 4.81. The zero-order valence-corrected chi connectivity index (χ0v) is 14.8. The third-order valence-corrected chi connectivity index (χ3v) is 4.04. The van der Waals surface area contributed by atoms with E-state index in [2.05, 4.69) is 51.3 Å². The number of urea groups is 1. The van der Waals surface area contributed by atoms with Crippen molar-refractivity contribution in [1.29, 1.82) is 0 Å². The standard InChI is InChI=1S/C16H24BrN3O/c1-12-11-13(17)5-6-14(12)19-7-9-20(10-8-19)15(21)18-16(2,3)4/h5-6,11H,7-10H2,1-4H3,(H,18,21). The van der Waals surface area contributed by atoms with E-state index in [0.29, 0.717) is 0 Å². The lowest BCUT2D eigenvalue weighted by molar-refractivity contribution is 0.185. The minimum Gasteiger partial charge on any atom is -0.368 e. The van der Waals surface area contributed by atoms with Crippen molar-refractivity contribution in [2.75, 3.05) is 31.1 Å². The van der Waals surface area contributed by atoms with Crippen molar-refractivity contribution in [2.45, 2.75) is 33.2 Å². The molecule has 5 heteroatoms. The van der Waals surface area contributed by atoms with Gasteiger partial charge in [0, 0.05) is 41.9 Å². The summed E-state index contributed by atoms with van der Waals surface area (Å²) in [6.45, 7) is 11.4. The fourth-order valence-corrected chi connectivity index (χ4v) is 3.00. The summed E-state index contributed by atoms with van der Waals surface area (Å²) in [5.41, 5.74) is 2.34. The number of benzene rings is 1. The molecule has 1 aliphatic rings. The smallest absolute Gasteiger partial charge is 0.317 e. The van der Waals surface area contributed by atoms with Crippen LogP contribution in [-0.2, 0) is 0 Å². The number of aryl methyl sites for hydroxylation is 1. The van der Waals surface area contributed by atoms with Crippen LogP contribution in [0.5, 0.6) is 0 Å². The SMILES string of the molecule is Cc1cc(Br)ccc1N1CCN(C(=O)NC(C)(C)C)CC1. The molecule has 1 aromatic carbocycles. The van der Waals surface area contributed by atoms with E-state index in [1.807, 2.05) is 25.7 Å². The van der Waals surface area contributed by atoms with Crippen LogP contribution in [-0.4, -0.2) is 42.6 Å². The van der Waals surface area contributed by atoms with Crippen molar-refractivity contribution < 1.29 is 4.79 Å². The number of carbonyl (C=O) groups is 1. The largest absolute Gasteiger partial charge is 0.368 e. The third kappa shape index (κ3) is 4.37. The average Bonchev–Trinajstić information content (AvgIpc) is 2.37. The zero-order valence-electron chi connectivity index (χ0n) is 13.2. The zero-order chi connectivity index (χ0) is 15.6. The van der Waals surface area contributed by atoms with Crippen LogP contribution in [0.25, 0.3) is 0 Å². The molecule has 1 heterocycles. The van der Waals surface area contributed by atoms with Gasteiger partial charge in [0.25, 0.3) is 0 Å². The van der Waals surface area contributed by atoms with Crippen molar-refractivity contribution in [3.63, 3.8) is 0 Å². The van der Waals surface area contributed by atoms with Crippen molar-refractivity contribution in [3.05, 3.63) is 28.2 Å². The summed E-state index contributed by atoms with van der Waals surface area (Å²) < 4.78 is 1.10. The van der Waals surface area contributed by atoms with Crippen molar-refractivity contribution in [2.24, 2.45) is 0 Å². The van der Waals surface area contributed by atoms with E-state index < -0.39 is 0 Å². The van der Waals surface area contributed by atoms with Crippen LogP contribution in [0, 0.1) is 6.92 Å². The highest BCUT2D eigenvalue weighted by molar-refractivity contribution is 9.10. The van der Waals surface area contributed by atoms with Gasteiger partial charge in [-0.25, -0.2) is 4.79 Å². The molecule has 0 bridgehead atoms. The summed E-state index contributed by atoms with van der Waals surface area (Å²) in [5, 5.41) is 3.02. The Morgan fingerprint density at radius 1 is 1.19 bits per heavy atom. The molecular weight excluding hydrogens is 330 g/mol. The number of piperazine rings is 1. The van der Waals surface area contributed by atoms with Gasteiger partial charge in [0.2, 0.25) is 0 Å². The maximum atomic E-state index is 12.2. The molecule has 2 amide bonds. The van der Waals surface area contributed by atoms with E-state index in [4.69, 9.17) is 0 Å². The summed E-state index contributed by atoms with van der Waals surface area (Å²) in [6, 6.07) is 6.38. The molecule has 1 N–H and O–H groups in total. The van der Waals surface area contributed by atoms with Crippen molar-refractivity contribution >= 4 is 27.6 Å². The van der Waals surface area contributed by atoms with Crippen LogP contribution in [0.2, 0.25) is 0 Å². The lowest BCUT2D eigenvalue weighted by Crippen LogP contribution is -2.55. The van der Waals surface area contributed by atoms with Gasteiger partial charge in [-0.15, -0.1) is 0 Å². The fraction of sp³-hybridized carbons (Fsp3) is 0.562. The Balaban J connectivity index is 1.95. The van der Waals surface area contributed by atoms with Crippen LogP contribution in [0.1, 0.15) is 26.3 Å². The van der Waals surface area contributed by atoms with Gasteiger partial charge in [-0.1, -0.05) is 15.9 Å². The Labute approximate surface area is 135 Å². The Morgan fingerprint density at radius 3 is 2.33 bits per heavy atom. The molecule has 0 saturated carbocycles. The number of amides is 2. The highest BCUT2D eigenvalue weighted by Gasteiger charge is 2.24. The van der Waals surface area contributed by atoms with Crippen LogP contribution in [0.4, 0.5) is 10.5 Å². The molecule has 0 aromatic heterocycles. The number of nitrogens with zero attached hydrogens (tertiary/aromatic N) is 2. The van der Waals surface area contributed by atoms with E-state index in [1.54, 1.807) is 0 Å². The van der Waals surface area contributed by atoms with Gasteiger partial charge in [0.1, 0.15) is 0 Å². The normalized spacial score (nSPS) is 16.0. The molecule has 1 saturated heterocycles. The third-order valence-electron chi connectivity index (χ3n) is 3.55. The quantitative estimate of drug-likeness (QED) is 0.839. The van der Waals surface area contributed by atoms with E-state index in [1.165, 1.54) is 11.3 Å². The van der Waals surface area contributed by atoms with Gasteiger partial charge < -0.3 is 15.1 Å². The predicted molar refractivity (Wildman–Crippen MR) is 90.9 cm³/mol. The lowest BCUT2D eigenvalue weighted by atomic mass is 10.1. The topological polar surface area (TPSA) is 35.6 Å². The minimum atomic E-state index is -0.184. The van der Waals surface area contributed by atoms with Crippen LogP contribution < -0.4 is 10.2 Å². The highest BCUT2D eigenvalue weighted by atomic mass is 79.9. The van der Waals surface area contributed by atoms with Crippen molar-refractivity contribution in [3.8, 4) is 0 Å². The number of hydrogen-bond donors (Lipinski definition) is 1. The van der Waals surface area contributed by atoms with Crippen molar-refractivity contribution in [1.82, 2.24) is 10.2 Å². The summed E-state index contributed by atoms with van der Waals surface area (Å²) >= 11 is 3.50. The first-order chi connectivity index (χ1) is 9.76. The van der Waals surface area contributed by atoms with Gasteiger partial charge in [-0.05, 0) is 51.5 Å². The molecule has 0 atom stereocenters. The summed E-state index contributed by atoms with van der Waals surface area (Å²) in [4.78, 5) is 16.4. The number of halogens is 1. The molecule has 116 valence electrons. The predicted octanol–water partition coefficient (Wildman–Crippen LogP) is 3.39. The second-order valence-electron chi connectivity index (χ2n) is 6.59. The first-order valence-electron chi connectivity index (χ1n) is 7.34. The summed E-state index contributed by atoms with van der Waals surface area (Å²) in [5.74, 6) is 0. The maximum Gasteiger partial charge on any atom is 0.317 e. The second-order valence-corrected chi connectivity index (χ2v) is 7.50. The number of nitrogens with one attached hydrogen (secondary N) is 1. The summed E-state index contributed by atoms with van der Waals surface area (Å²) in [7, 11) is 0. The lowest BCUT2D eigenvalue weighted by Gasteiger charge is -2.38. The van der Waals surface area contributed by atoms with Crippen LogP contribution in [0.15, 0.2) is 22.7 Å². The Hall–Kier alpha value is -1.23. The number of anilines is 1. The molecule has 0 unspecified atom stereocenters. The molecule has 4 nitrogen and oxygen atoms in total. The molecular formula is C16H24BrN3O. The number of rotatable bonds is 1. The number of carbonyl (C=O) groups excluding carboxylic acids is 1. The molecule has 2 rings (SSSR count). The molecule has 0 spiro atoms. The Bertz CT molecular complexity index is 517. The van der Waals surface area contributed by atoms with E-state index in [-0.39, 0.29) is 11.6 Å². The van der Waals surface area contributed by atoms with Gasteiger partial charge in [0.05, 0.1) is 0 Å². The van der Waals surface area contributed by atoms with E-state index in [9.17, 15) is 4.79 Å². The number of hydrogen-bond acceptors (Lipinski definition) is 2. The fourth-order valence-electron chi connectivity index (χ4n) is 2.52. The van der Waals surface area contributed by atoms with Gasteiger partial charge >= 0.3 is 6.03 Å². The molecule has 1 fully saturated rings. The van der Waals surface area contributed by atoms with E-state index >= 15 is 0 Å². The van der Waals surface area contributed by atoms with Gasteiger partial charge in [-0.3, -0.25) is 0 Å². The maximum absolute atomic E-state index is 12.2. The monoisotopic (exact) mass is 353 g/mol. The molecule has 0 aliphatic carbocycles. The molecule has 1 aliphatic heterocycles. The second kappa shape index (κ2) is 6.26. The minimum absolute atomic E-state index is 0.0367. The first kappa shape index (κ1) is 16.1.